The Morgan fingerprint density at radius 3 is 2.35 bits per heavy atom. The second kappa shape index (κ2) is 11.0. The number of piperidine rings is 1. The molecule has 1 heterocycles. The van der Waals surface area contributed by atoms with Gasteiger partial charge in [0.05, 0.1) is 12.3 Å². The van der Waals surface area contributed by atoms with Gasteiger partial charge < -0.3 is 10.1 Å². The van der Waals surface area contributed by atoms with Crippen LogP contribution in [0, 0.1) is 5.92 Å². The molecule has 1 N–H and O–H groups in total. The summed E-state index contributed by atoms with van der Waals surface area (Å²) in [5, 5.41) is 5.70. The predicted molar refractivity (Wildman–Crippen MR) is 136 cm³/mol. The Hall–Kier alpha value is -2.32. The van der Waals surface area contributed by atoms with Gasteiger partial charge in [-0.1, -0.05) is 65.7 Å². The first-order chi connectivity index (χ1) is 16.3. The minimum Gasteiger partial charge on any atom is -0.491 e. The Bertz CT molecular complexity index is 1250. The van der Waals surface area contributed by atoms with Gasteiger partial charge in [0.25, 0.3) is 0 Å². The largest absolute Gasteiger partial charge is 0.491 e. The van der Waals surface area contributed by atoms with Gasteiger partial charge in [-0.2, -0.15) is 0 Å². The molecule has 0 radical (unpaired) electrons. The Labute approximate surface area is 209 Å². The van der Waals surface area contributed by atoms with Gasteiger partial charge in [0.15, 0.2) is 0 Å². The van der Waals surface area contributed by atoms with Gasteiger partial charge in [-0.15, -0.1) is 0 Å². The van der Waals surface area contributed by atoms with Crippen molar-refractivity contribution < 1.29 is 17.9 Å². The van der Waals surface area contributed by atoms with Crippen molar-refractivity contribution in [2.45, 2.75) is 18.6 Å². The van der Waals surface area contributed by atoms with Gasteiger partial charge in [0.2, 0.25) is 15.9 Å². The number of ether oxygens (including phenoxy) is 1. The second-order valence-electron chi connectivity index (χ2n) is 8.25. The van der Waals surface area contributed by atoms with Crippen LogP contribution in [-0.2, 0) is 20.6 Å². The van der Waals surface area contributed by atoms with Crippen molar-refractivity contribution in [3.63, 3.8) is 0 Å². The summed E-state index contributed by atoms with van der Waals surface area (Å²) in [6, 6.07) is 18.8. The average molecular weight is 521 g/mol. The standard InChI is InChI=1S/C25H26Cl2N2O4S/c26-22-8-4-9-23(27)21(22)17-34(31,32)29-14-11-19(12-15-29)25(30)28-13-16-33-24-10-3-6-18-5-1-2-7-20(18)24/h1-10,19H,11-17H2,(H,28,30). The van der Waals surface area contributed by atoms with Crippen LogP contribution in [0.4, 0.5) is 0 Å². The first-order valence-corrected chi connectivity index (χ1v) is 13.5. The van der Waals surface area contributed by atoms with E-state index in [-0.39, 0.29) is 30.7 Å². The minimum atomic E-state index is -3.59. The molecule has 0 spiro atoms. The molecule has 1 fully saturated rings. The van der Waals surface area contributed by atoms with Crippen molar-refractivity contribution in [1.82, 2.24) is 9.62 Å². The van der Waals surface area contributed by atoms with Crippen LogP contribution in [0.15, 0.2) is 60.7 Å². The number of rotatable bonds is 8. The first-order valence-electron chi connectivity index (χ1n) is 11.1. The maximum atomic E-state index is 12.9. The lowest BCUT2D eigenvalue weighted by Gasteiger charge is -2.30. The van der Waals surface area contributed by atoms with E-state index in [1.165, 1.54) is 4.31 Å². The van der Waals surface area contributed by atoms with E-state index >= 15 is 0 Å². The van der Waals surface area contributed by atoms with E-state index < -0.39 is 10.0 Å². The van der Waals surface area contributed by atoms with Crippen LogP contribution >= 0.6 is 23.2 Å². The van der Waals surface area contributed by atoms with Crippen LogP contribution in [0.25, 0.3) is 10.8 Å². The van der Waals surface area contributed by atoms with Crippen LogP contribution in [0.3, 0.4) is 0 Å². The van der Waals surface area contributed by atoms with E-state index in [4.69, 9.17) is 27.9 Å². The monoisotopic (exact) mass is 520 g/mol. The number of sulfonamides is 1. The molecule has 3 aromatic carbocycles. The van der Waals surface area contributed by atoms with Gasteiger partial charge in [-0.3, -0.25) is 4.79 Å². The third-order valence-electron chi connectivity index (χ3n) is 6.02. The highest BCUT2D eigenvalue weighted by Gasteiger charge is 2.31. The van der Waals surface area contributed by atoms with Crippen molar-refractivity contribution in [2.75, 3.05) is 26.2 Å². The molecular formula is C25H26Cl2N2O4S. The smallest absolute Gasteiger partial charge is 0.223 e. The third-order valence-corrected chi connectivity index (χ3v) is 8.53. The molecule has 0 aromatic heterocycles. The lowest BCUT2D eigenvalue weighted by Crippen LogP contribution is -2.44. The molecule has 3 aromatic rings. The number of hydrogen-bond donors (Lipinski definition) is 1. The zero-order valence-corrected chi connectivity index (χ0v) is 20.9. The van der Waals surface area contributed by atoms with E-state index in [9.17, 15) is 13.2 Å². The van der Waals surface area contributed by atoms with Crippen molar-refractivity contribution in [2.24, 2.45) is 5.92 Å². The number of carbonyl (C=O) groups is 1. The number of nitrogens with one attached hydrogen (secondary N) is 1. The maximum absolute atomic E-state index is 12.9. The fraction of sp³-hybridized carbons (Fsp3) is 0.320. The van der Waals surface area contributed by atoms with Crippen LogP contribution in [0.5, 0.6) is 5.75 Å². The fourth-order valence-corrected chi connectivity index (χ4v) is 6.46. The van der Waals surface area contributed by atoms with E-state index in [0.717, 1.165) is 16.5 Å². The Morgan fingerprint density at radius 1 is 0.971 bits per heavy atom. The summed E-state index contributed by atoms with van der Waals surface area (Å²) in [6.07, 6.45) is 0.928. The number of fused-ring (bicyclic) bond motifs is 1. The predicted octanol–water partition coefficient (Wildman–Crippen LogP) is 4.88. The lowest BCUT2D eigenvalue weighted by atomic mass is 9.97. The highest BCUT2D eigenvalue weighted by Crippen LogP contribution is 2.29. The van der Waals surface area contributed by atoms with Crippen molar-refractivity contribution in [3.8, 4) is 5.75 Å². The molecule has 1 saturated heterocycles. The average Bonchev–Trinajstić information content (AvgIpc) is 2.84. The van der Waals surface area contributed by atoms with E-state index in [2.05, 4.69) is 5.32 Å². The van der Waals surface area contributed by atoms with Gasteiger partial charge in [0, 0.05) is 40.0 Å². The molecule has 1 aliphatic rings. The van der Waals surface area contributed by atoms with Crippen molar-refractivity contribution >= 4 is 49.9 Å². The summed E-state index contributed by atoms with van der Waals surface area (Å²) in [7, 11) is -3.59. The first kappa shape index (κ1) is 24.8. The topological polar surface area (TPSA) is 75.7 Å². The molecular weight excluding hydrogens is 495 g/mol. The zero-order chi connectivity index (χ0) is 24.1. The van der Waals surface area contributed by atoms with Crippen LogP contribution in [-0.4, -0.2) is 44.9 Å². The molecule has 0 aliphatic carbocycles. The quantitative estimate of drug-likeness (QED) is 0.429. The Kier molecular flexibility index (Phi) is 7.99. The number of carbonyl (C=O) groups excluding carboxylic acids is 1. The molecule has 1 aliphatic heterocycles. The number of nitrogens with zero attached hydrogens (tertiary/aromatic N) is 1. The highest BCUT2D eigenvalue weighted by molar-refractivity contribution is 7.88. The Balaban J connectivity index is 1.24. The minimum absolute atomic E-state index is 0.0762. The number of halogens is 2. The van der Waals surface area contributed by atoms with E-state index in [0.29, 0.717) is 41.6 Å². The summed E-state index contributed by atoms with van der Waals surface area (Å²) in [5.74, 6) is 0.221. The highest BCUT2D eigenvalue weighted by atomic mass is 35.5. The lowest BCUT2D eigenvalue weighted by molar-refractivity contribution is -0.126. The van der Waals surface area contributed by atoms with Crippen molar-refractivity contribution in [1.29, 1.82) is 0 Å². The van der Waals surface area contributed by atoms with E-state index in [1.54, 1.807) is 18.2 Å². The van der Waals surface area contributed by atoms with Gasteiger partial charge >= 0.3 is 0 Å². The van der Waals surface area contributed by atoms with Crippen molar-refractivity contribution in [3.05, 3.63) is 76.3 Å². The molecule has 180 valence electrons. The molecule has 0 saturated carbocycles. The zero-order valence-electron chi connectivity index (χ0n) is 18.5. The molecule has 0 bridgehead atoms. The maximum Gasteiger partial charge on any atom is 0.223 e. The molecule has 6 nitrogen and oxygen atoms in total. The van der Waals surface area contributed by atoms with Crippen LogP contribution < -0.4 is 10.1 Å². The second-order valence-corrected chi connectivity index (χ2v) is 11.0. The number of benzene rings is 3. The normalized spacial score (nSPS) is 15.4. The van der Waals surface area contributed by atoms with Gasteiger partial charge in [-0.05, 0) is 36.4 Å². The van der Waals surface area contributed by atoms with Gasteiger partial charge in [-0.25, -0.2) is 12.7 Å². The molecule has 1 amide bonds. The molecule has 0 unspecified atom stereocenters. The fourth-order valence-electron chi connectivity index (χ4n) is 4.14. The summed E-state index contributed by atoms with van der Waals surface area (Å²) in [6.45, 7) is 1.31. The number of amides is 1. The summed E-state index contributed by atoms with van der Waals surface area (Å²) in [5.41, 5.74) is 0.400. The molecule has 4 rings (SSSR count). The summed E-state index contributed by atoms with van der Waals surface area (Å²) < 4.78 is 33.0. The van der Waals surface area contributed by atoms with Crippen LogP contribution in [0.1, 0.15) is 18.4 Å². The molecule has 0 atom stereocenters. The summed E-state index contributed by atoms with van der Waals surface area (Å²) >= 11 is 12.3. The molecule has 9 heteroatoms. The third kappa shape index (κ3) is 5.84. The van der Waals surface area contributed by atoms with Crippen LogP contribution in [0.2, 0.25) is 10.0 Å². The van der Waals surface area contributed by atoms with Gasteiger partial charge in [0.1, 0.15) is 12.4 Å². The Morgan fingerprint density at radius 2 is 1.62 bits per heavy atom. The SMILES string of the molecule is O=C(NCCOc1cccc2ccccc12)C1CCN(S(=O)(=O)Cc2c(Cl)cccc2Cl)CC1. The van der Waals surface area contributed by atoms with E-state index in [1.807, 2.05) is 42.5 Å². The summed E-state index contributed by atoms with van der Waals surface area (Å²) in [4.78, 5) is 12.6. The molecule has 34 heavy (non-hydrogen) atoms. The number of hydrogen-bond acceptors (Lipinski definition) is 4.